The maximum Gasteiger partial charge on any atom is 0.303 e. The molecule has 8 N–H and O–H groups in total. The van der Waals surface area contributed by atoms with Gasteiger partial charge in [-0.25, -0.2) is 0 Å². The van der Waals surface area contributed by atoms with Crippen molar-refractivity contribution in [3.63, 3.8) is 0 Å². The van der Waals surface area contributed by atoms with E-state index in [-0.39, 0.29) is 32.4 Å². The average molecular weight is 778 g/mol. The Morgan fingerprint density at radius 1 is 0.727 bits per heavy atom. The van der Waals surface area contributed by atoms with E-state index in [9.17, 15) is 53.1 Å². The molecule has 1 rings (SSSR count). The Hall–Kier alpha value is -5.54. The van der Waals surface area contributed by atoms with Gasteiger partial charge < -0.3 is 47.0 Å². The van der Waals surface area contributed by atoms with Crippen LogP contribution in [0, 0.1) is 24.2 Å². The molecule has 0 aromatic carbocycles. The predicted molar refractivity (Wildman–Crippen MR) is 195 cm³/mol. The lowest BCUT2D eigenvalue weighted by Crippen LogP contribution is -2.61. The lowest BCUT2D eigenvalue weighted by atomic mass is 9.98. The van der Waals surface area contributed by atoms with Gasteiger partial charge in [-0.15, -0.1) is 6.42 Å². The number of aliphatic carboxylic acids is 2. The Morgan fingerprint density at radius 3 is 1.75 bits per heavy atom. The highest BCUT2D eigenvalue weighted by Gasteiger charge is 2.41. The van der Waals surface area contributed by atoms with Gasteiger partial charge in [-0.05, 0) is 43.9 Å². The summed E-state index contributed by atoms with van der Waals surface area (Å²) in [6.07, 6.45) is 4.63. The van der Waals surface area contributed by atoms with E-state index in [0.29, 0.717) is 12.8 Å². The summed E-state index contributed by atoms with van der Waals surface area (Å²) in [6.45, 7) is 9.37. The minimum Gasteiger partial charge on any atom is -0.481 e. The van der Waals surface area contributed by atoms with Gasteiger partial charge in [-0.1, -0.05) is 47.0 Å². The van der Waals surface area contributed by atoms with Crippen LogP contribution in [-0.2, 0) is 47.9 Å². The van der Waals surface area contributed by atoms with Crippen molar-refractivity contribution in [3.05, 3.63) is 0 Å². The number of carboxylic acid groups (broad SMARTS) is 2. The summed E-state index contributed by atoms with van der Waals surface area (Å²) < 4.78 is 0. The maximum atomic E-state index is 14.0. The standard InChI is InChI=1S/C36H55N7O12/c1-8-11-22(30(49)35(54)37-17-9-2)39-33(52)25-12-10-18-43(25)36(55)29(20(5)6)42-34(53)28(19(3)4)41-32(51)24(14-16-27(47)48)40-31(50)23(38-21(7)44)13-15-26(45)46/h2,19-20,22-25,28-29H,8,10-18H2,1,3-7H3,(H,37,54)(H,38,44)(H,39,52)(H,40,50)(H,41,51)(H,42,53)(H,45,46)(H,47,48). The molecule has 0 aromatic heterocycles. The predicted octanol–water partition coefficient (Wildman–Crippen LogP) is -1.42. The van der Waals surface area contributed by atoms with Crippen molar-refractivity contribution in [2.75, 3.05) is 13.1 Å². The molecule has 1 fully saturated rings. The molecule has 19 nitrogen and oxygen atoms in total. The van der Waals surface area contributed by atoms with Gasteiger partial charge >= 0.3 is 11.9 Å². The van der Waals surface area contributed by atoms with Gasteiger partial charge in [0.15, 0.2) is 0 Å². The summed E-state index contributed by atoms with van der Waals surface area (Å²) in [5.74, 6) is -7.88. The van der Waals surface area contributed by atoms with Crippen LogP contribution in [0.5, 0.6) is 0 Å². The van der Waals surface area contributed by atoms with Crippen LogP contribution in [0.25, 0.3) is 0 Å². The number of hydrogen-bond acceptors (Lipinski definition) is 10. The van der Waals surface area contributed by atoms with Crippen molar-refractivity contribution in [1.82, 2.24) is 36.8 Å². The highest BCUT2D eigenvalue weighted by atomic mass is 16.4. The summed E-state index contributed by atoms with van der Waals surface area (Å²) in [6, 6.07) is -7.53. The van der Waals surface area contributed by atoms with E-state index in [1.807, 2.05) is 0 Å². The molecule has 0 spiro atoms. The number of ketones is 1. The van der Waals surface area contributed by atoms with Crippen LogP contribution in [0.3, 0.4) is 0 Å². The van der Waals surface area contributed by atoms with Crippen molar-refractivity contribution in [1.29, 1.82) is 0 Å². The van der Waals surface area contributed by atoms with E-state index in [4.69, 9.17) is 11.5 Å². The quantitative estimate of drug-likeness (QED) is 0.0439. The van der Waals surface area contributed by atoms with Crippen LogP contribution in [-0.4, -0.2) is 124 Å². The van der Waals surface area contributed by atoms with Crippen LogP contribution in [0.2, 0.25) is 0 Å². The van der Waals surface area contributed by atoms with Crippen molar-refractivity contribution < 1.29 is 58.2 Å². The summed E-state index contributed by atoms with van der Waals surface area (Å²) in [7, 11) is 0. The number of terminal acetylenes is 1. The molecule has 1 saturated heterocycles. The Kier molecular flexibility index (Phi) is 20.1. The van der Waals surface area contributed by atoms with Gasteiger partial charge in [-0.3, -0.25) is 47.9 Å². The first-order valence-electron chi connectivity index (χ1n) is 18.2. The molecule has 55 heavy (non-hydrogen) atoms. The van der Waals surface area contributed by atoms with Gasteiger partial charge in [0.05, 0.1) is 12.6 Å². The fourth-order valence-corrected chi connectivity index (χ4v) is 5.82. The number of Topliss-reactive ketones (excluding diaryl/α,β-unsaturated/α-hetero) is 1. The zero-order valence-corrected chi connectivity index (χ0v) is 32.2. The largest absolute Gasteiger partial charge is 0.481 e. The van der Waals surface area contributed by atoms with Crippen molar-refractivity contribution in [2.45, 2.75) is 129 Å². The summed E-state index contributed by atoms with van der Waals surface area (Å²) in [5, 5.41) is 33.0. The maximum absolute atomic E-state index is 14.0. The van der Waals surface area contributed by atoms with E-state index < -0.39 is 126 Å². The minimum atomic E-state index is -1.52. The average Bonchev–Trinajstić information content (AvgIpc) is 3.60. The topological polar surface area (TPSA) is 287 Å². The first-order valence-corrected chi connectivity index (χ1v) is 18.2. The number of amides is 7. The second kappa shape index (κ2) is 23.3. The van der Waals surface area contributed by atoms with Gasteiger partial charge in [0.2, 0.25) is 41.2 Å². The second-order valence-corrected chi connectivity index (χ2v) is 13.9. The Labute approximate surface area is 320 Å². The summed E-state index contributed by atoms with van der Waals surface area (Å²) in [4.78, 5) is 128. The molecular weight excluding hydrogens is 722 g/mol. The molecule has 0 radical (unpaired) electrons. The highest BCUT2D eigenvalue weighted by Crippen LogP contribution is 2.21. The number of carboxylic acids is 2. The second-order valence-electron chi connectivity index (χ2n) is 13.9. The van der Waals surface area contributed by atoms with E-state index in [2.05, 4.69) is 37.8 Å². The van der Waals surface area contributed by atoms with Crippen molar-refractivity contribution >= 4 is 59.1 Å². The molecule has 6 atom stereocenters. The Bertz CT molecular complexity index is 1490. The Morgan fingerprint density at radius 2 is 1.25 bits per heavy atom. The fourth-order valence-electron chi connectivity index (χ4n) is 5.82. The lowest BCUT2D eigenvalue weighted by Gasteiger charge is -2.33. The first kappa shape index (κ1) is 47.5. The summed E-state index contributed by atoms with van der Waals surface area (Å²) >= 11 is 0. The number of hydrogen-bond donors (Lipinski definition) is 8. The van der Waals surface area contributed by atoms with Crippen LogP contribution >= 0.6 is 0 Å². The van der Waals surface area contributed by atoms with Crippen molar-refractivity contribution in [2.24, 2.45) is 11.8 Å². The molecule has 1 aliphatic heterocycles. The normalized spacial score (nSPS) is 16.3. The third-order valence-electron chi connectivity index (χ3n) is 8.72. The molecule has 0 bridgehead atoms. The zero-order valence-electron chi connectivity index (χ0n) is 32.2. The summed E-state index contributed by atoms with van der Waals surface area (Å²) in [5.41, 5.74) is 0. The molecule has 6 unspecified atom stereocenters. The number of nitrogens with one attached hydrogen (secondary N) is 6. The number of carbonyl (C=O) groups excluding carboxylic acids is 8. The third-order valence-corrected chi connectivity index (χ3v) is 8.72. The number of carbonyl (C=O) groups is 10. The zero-order chi connectivity index (χ0) is 42.0. The third kappa shape index (κ3) is 15.8. The van der Waals surface area contributed by atoms with Crippen LogP contribution in [0.15, 0.2) is 0 Å². The fraction of sp³-hybridized carbons (Fsp3) is 0.667. The van der Waals surface area contributed by atoms with E-state index in [0.717, 1.165) is 6.92 Å². The minimum absolute atomic E-state index is 0.156. The Balaban J connectivity index is 3.22. The van der Waals surface area contributed by atoms with Gasteiger partial charge in [0.1, 0.15) is 30.2 Å². The molecule has 0 aliphatic carbocycles. The highest BCUT2D eigenvalue weighted by molar-refractivity contribution is 6.38. The first-order chi connectivity index (χ1) is 25.7. The number of likely N-dealkylation sites (tertiary alicyclic amines) is 1. The SMILES string of the molecule is C#CCNC(=O)C(=O)C(CCC)NC(=O)C1CCCN1C(=O)C(NC(=O)C(NC(=O)C(CCC(=O)O)NC(=O)C(CCC(=O)O)NC(C)=O)C(C)C)C(C)C. The molecule has 19 heteroatoms. The smallest absolute Gasteiger partial charge is 0.303 e. The van der Waals surface area contributed by atoms with Crippen LogP contribution < -0.4 is 31.9 Å². The molecule has 0 saturated carbocycles. The molecular formula is C36H55N7O12. The van der Waals surface area contributed by atoms with Crippen molar-refractivity contribution in [3.8, 4) is 12.3 Å². The lowest BCUT2D eigenvalue weighted by molar-refractivity contribution is -0.144. The molecule has 306 valence electrons. The molecule has 1 heterocycles. The van der Waals surface area contributed by atoms with Crippen LogP contribution in [0.1, 0.15) is 92.9 Å². The molecule has 0 aromatic rings. The monoisotopic (exact) mass is 777 g/mol. The van der Waals surface area contributed by atoms with E-state index >= 15 is 0 Å². The molecule has 7 amide bonds. The molecule has 1 aliphatic rings. The van der Waals surface area contributed by atoms with E-state index in [1.165, 1.54) is 4.90 Å². The van der Waals surface area contributed by atoms with E-state index in [1.54, 1.807) is 34.6 Å². The number of rotatable bonds is 23. The number of nitrogens with zero attached hydrogens (tertiary/aromatic N) is 1. The van der Waals surface area contributed by atoms with Gasteiger partial charge in [-0.2, -0.15) is 0 Å². The van der Waals surface area contributed by atoms with Gasteiger partial charge in [0.25, 0.3) is 5.91 Å². The van der Waals surface area contributed by atoms with Gasteiger partial charge in [0, 0.05) is 26.3 Å². The van der Waals surface area contributed by atoms with Crippen LogP contribution in [0.4, 0.5) is 0 Å².